The molecular formula is C17H15BrClNO3. The lowest BCUT2D eigenvalue weighted by Crippen LogP contribution is -2.26. The van der Waals surface area contributed by atoms with Gasteiger partial charge >= 0.3 is 0 Å². The standard InChI is InChI=1S/C17H15BrClNO3/c18-12-6-10(7-15-17(12)23-9-22-15)8-20-14-4-5-21-16-11(14)2-1-3-13(16)19/h1-3,6-7,14,20H,4-5,8-9H2. The number of benzene rings is 2. The van der Waals surface area contributed by atoms with Crippen molar-refractivity contribution in [2.75, 3.05) is 13.4 Å². The van der Waals surface area contributed by atoms with Crippen molar-refractivity contribution in [2.45, 2.75) is 19.0 Å². The topological polar surface area (TPSA) is 39.7 Å². The maximum atomic E-state index is 6.22. The first kappa shape index (κ1) is 15.1. The number of rotatable bonds is 3. The van der Waals surface area contributed by atoms with E-state index in [-0.39, 0.29) is 12.8 Å². The summed E-state index contributed by atoms with van der Waals surface area (Å²) in [5.74, 6) is 2.35. The summed E-state index contributed by atoms with van der Waals surface area (Å²) in [7, 11) is 0. The molecule has 0 fully saturated rings. The molecule has 2 aromatic carbocycles. The smallest absolute Gasteiger partial charge is 0.231 e. The zero-order valence-electron chi connectivity index (χ0n) is 12.3. The third-order valence-electron chi connectivity index (χ3n) is 4.07. The summed E-state index contributed by atoms with van der Waals surface area (Å²) in [6.07, 6.45) is 0.916. The number of fused-ring (bicyclic) bond motifs is 2. The minimum absolute atomic E-state index is 0.224. The van der Waals surface area contributed by atoms with Gasteiger partial charge in [-0.25, -0.2) is 0 Å². The molecule has 0 saturated heterocycles. The number of para-hydroxylation sites is 1. The molecule has 2 heterocycles. The monoisotopic (exact) mass is 395 g/mol. The highest BCUT2D eigenvalue weighted by atomic mass is 79.9. The third kappa shape index (κ3) is 2.89. The maximum absolute atomic E-state index is 6.22. The Balaban J connectivity index is 1.53. The van der Waals surface area contributed by atoms with Gasteiger partial charge in [-0.1, -0.05) is 23.7 Å². The van der Waals surface area contributed by atoms with Crippen LogP contribution in [0.4, 0.5) is 0 Å². The quantitative estimate of drug-likeness (QED) is 0.832. The van der Waals surface area contributed by atoms with E-state index in [1.165, 1.54) is 0 Å². The number of hydrogen-bond acceptors (Lipinski definition) is 4. The second-order valence-electron chi connectivity index (χ2n) is 5.54. The fourth-order valence-corrected chi connectivity index (χ4v) is 3.80. The Bertz CT molecular complexity index is 753. The van der Waals surface area contributed by atoms with Crippen molar-refractivity contribution in [1.82, 2.24) is 5.32 Å². The van der Waals surface area contributed by atoms with Crippen molar-refractivity contribution < 1.29 is 14.2 Å². The first-order valence-electron chi connectivity index (χ1n) is 7.45. The largest absolute Gasteiger partial charge is 0.492 e. The normalized spacial score (nSPS) is 18.4. The second-order valence-corrected chi connectivity index (χ2v) is 6.80. The lowest BCUT2D eigenvalue weighted by molar-refractivity contribution is 0.173. The van der Waals surface area contributed by atoms with Gasteiger partial charge in [-0.15, -0.1) is 0 Å². The van der Waals surface area contributed by atoms with Gasteiger partial charge in [0, 0.05) is 24.6 Å². The van der Waals surface area contributed by atoms with Gasteiger partial charge < -0.3 is 19.5 Å². The van der Waals surface area contributed by atoms with E-state index < -0.39 is 0 Å². The molecule has 6 heteroatoms. The molecule has 0 bridgehead atoms. The van der Waals surface area contributed by atoms with Crippen LogP contribution in [0.3, 0.4) is 0 Å². The highest BCUT2D eigenvalue weighted by Gasteiger charge is 2.23. The molecule has 0 saturated carbocycles. The number of hydrogen-bond donors (Lipinski definition) is 1. The van der Waals surface area contributed by atoms with Crippen molar-refractivity contribution in [3.63, 3.8) is 0 Å². The summed E-state index contributed by atoms with van der Waals surface area (Å²) < 4.78 is 17.5. The van der Waals surface area contributed by atoms with Crippen molar-refractivity contribution in [1.29, 1.82) is 0 Å². The van der Waals surface area contributed by atoms with E-state index >= 15 is 0 Å². The summed E-state index contributed by atoms with van der Waals surface area (Å²) in [5.41, 5.74) is 2.25. The van der Waals surface area contributed by atoms with E-state index in [0.29, 0.717) is 11.6 Å². The number of nitrogens with one attached hydrogen (secondary N) is 1. The highest BCUT2D eigenvalue weighted by Crippen LogP contribution is 2.41. The molecule has 0 aliphatic carbocycles. The average molecular weight is 397 g/mol. The molecule has 0 spiro atoms. The Morgan fingerprint density at radius 1 is 1.17 bits per heavy atom. The van der Waals surface area contributed by atoms with E-state index in [9.17, 15) is 0 Å². The molecule has 4 rings (SSSR count). The molecule has 120 valence electrons. The van der Waals surface area contributed by atoms with E-state index in [1.54, 1.807) is 0 Å². The van der Waals surface area contributed by atoms with Gasteiger partial charge in [-0.2, -0.15) is 0 Å². The molecule has 0 amide bonds. The first-order valence-corrected chi connectivity index (χ1v) is 8.62. The van der Waals surface area contributed by atoms with Crippen LogP contribution in [-0.4, -0.2) is 13.4 Å². The van der Waals surface area contributed by atoms with Crippen molar-refractivity contribution >= 4 is 27.5 Å². The minimum atomic E-state index is 0.224. The molecule has 2 aliphatic rings. The van der Waals surface area contributed by atoms with Gasteiger partial charge in [0.05, 0.1) is 16.1 Å². The van der Waals surface area contributed by atoms with Crippen LogP contribution in [0.2, 0.25) is 5.02 Å². The first-order chi connectivity index (χ1) is 11.2. The Hall–Kier alpha value is -1.43. The summed E-state index contributed by atoms with van der Waals surface area (Å²) in [6, 6.07) is 10.2. The van der Waals surface area contributed by atoms with Crippen LogP contribution in [0, 0.1) is 0 Å². The zero-order valence-corrected chi connectivity index (χ0v) is 14.6. The Kier molecular flexibility index (Phi) is 4.09. The summed E-state index contributed by atoms with van der Waals surface area (Å²) in [6.45, 7) is 1.67. The second kappa shape index (κ2) is 6.23. The molecule has 1 unspecified atom stereocenters. The van der Waals surface area contributed by atoms with Crippen molar-refractivity contribution in [3.8, 4) is 17.2 Å². The number of halogens is 2. The van der Waals surface area contributed by atoms with Crippen LogP contribution in [-0.2, 0) is 6.54 Å². The minimum Gasteiger partial charge on any atom is -0.492 e. The number of ether oxygens (including phenoxy) is 3. The molecular weight excluding hydrogens is 382 g/mol. The van der Waals surface area contributed by atoms with Crippen LogP contribution >= 0.6 is 27.5 Å². The fourth-order valence-electron chi connectivity index (χ4n) is 2.96. The molecule has 23 heavy (non-hydrogen) atoms. The van der Waals surface area contributed by atoms with Gasteiger partial charge in [0.1, 0.15) is 5.75 Å². The van der Waals surface area contributed by atoms with Gasteiger partial charge in [-0.05, 0) is 39.7 Å². The van der Waals surface area contributed by atoms with E-state index in [4.69, 9.17) is 25.8 Å². The molecule has 4 nitrogen and oxygen atoms in total. The van der Waals surface area contributed by atoms with Crippen LogP contribution in [0.1, 0.15) is 23.6 Å². The maximum Gasteiger partial charge on any atom is 0.231 e. The van der Waals surface area contributed by atoms with Crippen molar-refractivity contribution in [2.24, 2.45) is 0 Å². The Labute approximate surface area is 147 Å². The Morgan fingerprint density at radius 3 is 3.00 bits per heavy atom. The lowest BCUT2D eigenvalue weighted by Gasteiger charge is -2.27. The summed E-state index contributed by atoms with van der Waals surface area (Å²) >= 11 is 9.75. The molecule has 2 aromatic rings. The van der Waals surface area contributed by atoms with Crippen LogP contribution in [0.15, 0.2) is 34.8 Å². The van der Waals surface area contributed by atoms with Gasteiger partial charge in [0.2, 0.25) is 6.79 Å². The molecule has 2 aliphatic heterocycles. The van der Waals surface area contributed by atoms with E-state index in [1.807, 2.05) is 18.2 Å². The van der Waals surface area contributed by atoms with Crippen molar-refractivity contribution in [3.05, 3.63) is 51.0 Å². The molecule has 0 aromatic heterocycles. The van der Waals surface area contributed by atoms with Gasteiger partial charge in [0.15, 0.2) is 11.5 Å². The summed E-state index contributed by atoms with van der Waals surface area (Å²) in [4.78, 5) is 0. The van der Waals surface area contributed by atoms with Gasteiger partial charge in [-0.3, -0.25) is 0 Å². The highest BCUT2D eigenvalue weighted by molar-refractivity contribution is 9.10. The predicted octanol–water partition coefficient (Wildman–Crippen LogP) is 4.44. The van der Waals surface area contributed by atoms with Gasteiger partial charge in [0.25, 0.3) is 0 Å². The average Bonchev–Trinajstić information content (AvgIpc) is 3.02. The fraction of sp³-hybridized carbons (Fsp3) is 0.294. The summed E-state index contributed by atoms with van der Waals surface area (Å²) in [5, 5.41) is 4.25. The van der Waals surface area contributed by atoms with E-state index in [2.05, 4.69) is 33.4 Å². The van der Waals surface area contributed by atoms with E-state index in [0.717, 1.165) is 45.8 Å². The van der Waals surface area contributed by atoms with Crippen LogP contribution in [0.5, 0.6) is 17.2 Å². The van der Waals surface area contributed by atoms with Crippen LogP contribution < -0.4 is 19.5 Å². The molecule has 0 radical (unpaired) electrons. The Morgan fingerprint density at radius 2 is 2.09 bits per heavy atom. The SMILES string of the molecule is Clc1cccc2c1OCCC2NCc1cc(Br)c2c(c1)OCO2. The lowest BCUT2D eigenvalue weighted by atomic mass is 10.00. The predicted molar refractivity (Wildman–Crippen MR) is 91.4 cm³/mol. The zero-order chi connectivity index (χ0) is 15.8. The molecule has 1 N–H and O–H groups in total. The molecule has 1 atom stereocenters. The third-order valence-corrected chi connectivity index (χ3v) is 4.95. The van der Waals surface area contributed by atoms with Crippen LogP contribution in [0.25, 0.3) is 0 Å².